The summed E-state index contributed by atoms with van der Waals surface area (Å²) in [6, 6.07) is 11.4. The van der Waals surface area contributed by atoms with E-state index in [1.807, 2.05) is 0 Å². The summed E-state index contributed by atoms with van der Waals surface area (Å²) in [5.74, 6) is 0.534. The lowest BCUT2D eigenvalue weighted by atomic mass is 10.1. The van der Waals surface area contributed by atoms with Gasteiger partial charge in [-0.3, -0.25) is 0 Å². The lowest BCUT2D eigenvalue weighted by Gasteiger charge is -2.16. The van der Waals surface area contributed by atoms with Crippen LogP contribution in [0.5, 0.6) is 11.5 Å². The molecule has 1 N–H and O–H groups in total. The number of aliphatic hydroxyl groups excluding tert-OH is 1. The van der Waals surface area contributed by atoms with Gasteiger partial charge in [-0.2, -0.15) is 13.2 Å². The van der Waals surface area contributed by atoms with E-state index in [0.29, 0.717) is 11.3 Å². The molecule has 0 aliphatic carbocycles. The van der Waals surface area contributed by atoms with Gasteiger partial charge < -0.3 is 14.6 Å². The fourth-order valence-corrected chi connectivity index (χ4v) is 1.97. The van der Waals surface area contributed by atoms with Gasteiger partial charge in [-0.15, -0.1) is 0 Å². The van der Waals surface area contributed by atoms with Gasteiger partial charge in [0.25, 0.3) is 0 Å². The van der Waals surface area contributed by atoms with Gasteiger partial charge in [0.05, 0.1) is 12.7 Å². The molecular formula is C16H15F3O3. The van der Waals surface area contributed by atoms with Crippen molar-refractivity contribution in [3.8, 4) is 11.5 Å². The number of para-hydroxylation sites is 1. The molecule has 2 rings (SSSR count). The number of hydrogen-bond acceptors (Lipinski definition) is 3. The zero-order chi connectivity index (χ0) is 16.2. The third-order valence-corrected chi connectivity index (χ3v) is 3.07. The standard InChI is InChI=1S/C16H15F3O3/c1-21-15-8-3-2-7-13(15)14(20)10-22-12-6-4-5-11(9-12)16(17,18)19/h2-9,14,20H,10H2,1H3. The normalized spacial score (nSPS) is 12.8. The summed E-state index contributed by atoms with van der Waals surface area (Å²) >= 11 is 0. The highest BCUT2D eigenvalue weighted by atomic mass is 19.4. The Morgan fingerprint density at radius 2 is 1.82 bits per heavy atom. The average molecular weight is 312 g/mol. The molecule has 0 saturated heterocycles. The van der Waals surface area contributed by atoms with Crippen molar-refractivity contribution in [2.75, 3.05) is 13.7 Å². The van der Waals surface area contributed by atoms with Crippen LogP contribution in [0.3, 0.4) is 0 Å². The average Bonchev–Trinajstić information content (AvgIpc) is 2.52. The van der Waals surface area contributed by atoms with Crippen LogP contribution in [0, 0.1) is 0 Å². The molecule has 1 atom stereocenters. The van der Waals surface area contributed by atoms with E-state index in [1.165, 1.54) is 19.2 Å². The first-order valence-electron chi connectivity index (χ1n) is 6.53. The summed E-state index contributed by atoms with van der Waals surface area (Å²) in [5.41, 5.74) is -0.284. The molecule has 2 aromatic rings. The Bertz CT molecular complexity index is 626. The maximum atomic E-state index is 12.6. The molecule has 0 aliphatic heterocycles. The molecule has 0 radical (unpaired) electrons. The van der Waals surface area contributed by atoms with Crippen LogP contribution in [-0.4, -0.2) is 18.8 Å². The predicted octanol–water partition coefficient (Wildman–Crippen LogP) is 3.83. The molecule has 118 valence electrons. The number of alkyl halides is 3. The molecule has 0 spiro atoms. The Morgan fingerprint density at radius 3 is 2.50 bits per heavy atom. The summed E-state index contributed by atoms with van der Waals surface area (Å²) in [6.45, 7) is -0.179. The minimum Gasteiger partial charge on any atom is -0.496 e. The number of ether oxygens (including phenoxy) is 2. The summed E-state index contributed by atoms with van der Waals surface area (Å²) in [5, 5.41) is 10.1. The minimum absolute atomic E-state index is 0.0452. The van der Waals surface area contributed by atoms with E-state index in [1.54, 1.807) is 24.3 Å². The fourth-order valence-electron chi connectivity index (χ4n) is 1.97. The Kier molecular flexibility index (Phi) is 4.92. The maximum Gasteiger partial charge on any atom is 0.416 e. The Balaban J connectivity index is 2.07. The fraction of sp³-hybridized carbons (Fsp3) is 0.250. The number of aliphatic hydroxyl groups is 1. The monoisotopic (exact) mass is 312 g/mol. The van der Waals surface area contributed by atoms with Gasteiger partial charge in [-0.05, 0) is 24.3 Å². The molecule has 3 nitrogen and oxygen atoms in total. The summed E-state index contributed by atoms with van der Waals surface area (Å²) < 4.78 is 48.2. The van der Waals surface area contributed by atoms with Gasteiger partial charge in [0.15, 0.2) is 0 Å². The van der Waals surface area contributed by atoms with E-state index in [2.05, 4.69) is 0 Å². The van der Waals surface area contributed by atoms with E-state index in [-0.39, 0.29) is 12.4 Å². The summed E-state index contributed by atoms with van der Waals surface area (Å²) in [4.78, 5) is 0. The SMILES string of the molecule is COc1ccccc1C(O)COc1cccc(C(F)(F)F)c1. The molecule has 0 aliphatic rings. The lowest BCUT2D eigenvalue weighted by molar-refractivity contribution is -0.137. The van der Waals surface area contributed by atoms with E-state index < -0.39 is 17.8 Å². The summed E-state index contributed by atoms with van der Waals surface area (Å²) in [7, 11) is 1.47. The Morgan fingerprint density at radius 1 is 1.09 bits per heavy atom. The van der Waals surface area contributed by atoms with Crippen molar-refractivity contribution in [3.63, 3.8) is 0 Å². The zero-order valence-corrected chi connectivity index (χ0v) is 11.8. The van der Waals surface area contributed by atoms with Crippen LogP contribution in [0.25, 0.3) is 0 Å². The van der Waals surface area contributed by atoms with Crippen LogP contribution in [0.15, 0.2) is 48.5 Å². The molecule has 0 saturated carbocycles. The van der Waals surface area contributed by atoms with Crippen molar-refractivity contribution in [2.45, 2.75) is 12.3 Å². The minimum atomic E-state index is -4.43. The van der Waals surface area contributed by atoms with Gasteiger partial charge in [-0.25, -0.2) is 0 Å². The topological polar surface area (TPSA) is 38.7 Å². The lowest BCUT2D eigenvalue weighted by Crippen LogP contribution is -2.11. The van der Waals surface area contributed by atoms with Gasteiger partial charge >= 0.3 is 6.18 Å². The number of methoxy groups -OCH3 is 1. The third kappa shape index (κ3) is 3.92. The molecule has 0 bridgehead atoms. The highest BCUT2D eigenvalue weighted by molar-refractivity contribution is 5.35. The van der Waals surface area contributed by atoms with Gasteiger partial charge in [0, 0.05) is 5.56 Å². The third-order valence-electron chi connectivity index (χ3n) is 3.07. The van der Waals surface area contributed by atoms with Gasteiger partial charge in [0.2, 0.25) is 0 Å². The van der Waals surface area contributed by atoms with Gasteiger partial charge in [-0.1, -0.05) is 24.3 Å². The van der Waals surface area contributed by atoms with Crippen molar-refractivity contribution in [1.29, 1.82) is 0 Å². The first kappa shape index (κ1) is 16.2. The van der Waals surface area contributed by atoms with Gasteiger partial charge in [0.1, 0.15) is 24.2 Å². The molecular weight excluding hydrogens is 297 g/mol. The molecule has 0 aromatic heterocycles. The van der Waals surface area contributed by atoms with Crippen LogP contribution in [0.1, 0.15) is 17.2 Å². The highest BCUT2D eigenvalue weighted by Gasteiger charge is 2.30. The smallest absolute Gasteiger partial charge is 0.416 e. The molecule has 2 aromatic carbocycles. The van der Waals surface area contributed by atoms with Crippen LogP contribution in [-0.2, 0) is 6.18 Å². The van der Waals surface area contributed by atoms with Crippen molar-refractivity contribution >= 4 is 0 Å². The second-order valence-electron chi connectivity index (χ2n) is 4.59. The van der Waals surface area contributed by atoms with Crippen molar-refractivity contribution < 1.29 is 27.8 Å². The largest absolute Gasteiger partial charge is 0.496 e. The Hall–Kier alpha value is -2.21. The van der Waals surface area contributed by atoms with E-state index in [0.717, 1.165) is 12.1 Å². The molecule has 1 unspecified atom stereocenters. The second-order valence-corrected chi connectivity index (χ2v) is 4.59. The van der Waals surface area contributed by atoms with Crippen LogP contribution in [0.4, 0.5) is 13.2 Å². The molecule has 0 amide bonds. The Labute approximate surface area is 125 Å². The number of rotatable bonds is 5. The number of halogens is 3. The van der Waals surface area contributed by atoms with Crippen LogP contribution >= 0.6 is 0 Å². The molecule has 0 fully saturated rings. The first-order valence-corrected chi connectivity index (χ1v) is 6.53. The highest BCUT2D eigenvalue weighted by Crippen LogP contribution is 2.32. The summed E-state index contributed by atoms with van der Waals surface area (Å²) in [6.07, 6.45) is -5.44. The van der Waals surface area contributed by atoms with Crippen LogP contribution in [0.2, 0.25) is 0 Å². The molecule has 6 heteroatoms. The quantitative estimate of drug-likeness (QED) is 0.912. The van der Waals surface area contributed by atoms with E-state index in [4.69, 9.17) is 9.47 Å². The van der Waals surface area contributed by atoms with E-state index >= 15 is 0 Å². The number of hydrogen-bond donors (Lipinski definition) is 1. The zero-order valence-electron chi connectivity index (χ0n) is 11.8. The molecule has 22 heavy (non-hydrogen) atoms. The van der Waals surface area contributed by atoms with E-state index in [9.17, 15) is 18.3 Å². The second kappa shape index (κ2) is 6.70. The predicted molar refractivity (Wildman–Crippen MR) is 74.9 cm³/mol. The number of benzene rings is 2. The van der Waals surface area contributed by atoms with Crippen molar-refractivity contribution in [3.05, 3.63) is 59.7 Å². The van der Waals surface area contributed by atoms with Crippen molar-refractivity contribution in [1.82, 2.24) is 0 Å². The first-order chi connectivity index (χ1) is 10.4. The molecule has 0 heterocycles. The maximum absolute atomic E-state index is 12.6. The van der Waals surface area contributed by atoms with Crippen LogP contribution < -0.4 is 9.47 Å². The van der Waals surface area contributed by atoms with Crippen molar-refractivity contribution in [2.24, 2.45) is 0 Å².